The van der Waals surface area contributed by atoms with Crippen LogP contribution in [-0.4, -0.2) is 14.5 Å². The van der Waals surface area contributed by atoms with Gasteiger partial charge in [-0.05, 0) is 63.5 Å². The molecule has 0 spiro atoms. The first kappa shape index (κ1) is 28.5. The second-order valence-corrected chi connectivity index (χ2v) is 13.7. The van der Waals surface area contributed by atoms with Gasteiger partial charge in [0, 0.05) is 38.1 Å². The minimum absolute atomic E-state index is 0.592. The Bertz CT molecular complexity index is 3460. The molecule has 0 fully saturated rings. The highest BCUT2D eigenvalue weighted by atomic mass is 16.3. The lowest BCUT2D eigenvalue weighted by molar-refractivity contribution is 0.666. The standard InChI is InChI=1S/C48H27N3O2/c1-2-12-29(13-3-1)44-47-45(38-26-32(22-24-42(38)53-47)34-18-10-19-36-35-17-8-9-20-41(35)52-46(34)36)50-48(49-44)51-39-23-21-28-11-6-7-16-33(28)43(39)37-25-30-14-4-5-15-31(30)27-40(37)51/h1-27H. The van der Waals surface area contributed by atoms with Crippen LogP contribution in [0.2, 0.25) is 0 Å². The highest BCUT2D eigenvalue weighted by Gasteiger charge is 2.23. The van der Waals surface area contributed by atoms with Crippen LogP contribution in [0.25, 0.3) is 116 Å². The number of hydrogen-bond acceptors (Lipinski definition) is 4. The summed E-state index contributed by atoms with van der Waals surface area (Å²) in [5.41, 5.74) is 9.79. The molecule has 0 radical (unpaired) electrons. The molecule has 0 aliphatic carbocycles. The molecule has 0 saturated heterocycles. The van der Waals surface area contributed by atoms with Crippen LogP contribution in [0.3, 0.4) is 0 Å². The van der Waals surface area contributed by atoms with Crippen molar-refractivity contribution in [2.45, 2.75) is 0 Å². The van der Waals surface area contributed by atoms with E-state index in [0.717, 1.165) is 77.2 Å². The highest BCUT2D eigenvalue weighted by Crippen LogP contribution is 2.42. The molecule has 0 saturated carbocycles. The fourth-order valence-corrected chi connectivity index (χ4v) is 8.35. The average molecular weight is 678 g/mol. The molecule has 0 atom stereocenters. The molecule has 8 aromatic carbocycles. The molecule has 246 valence electrons. The number of furan rings is 2. The third-order valence-electron chi connectivity index (χ3n) is 10.8. The van der Waals surface area contributed by atoms with Gasteiger partial charge in [-0.25, -0.2) is 9.97 Å². The number of para-hydroxylation sites is 2. The number of hydrogen-bond donors (Lipinski definition) is 0. The molecule has 0 amide bonds. The Labute approximate surface area is 302 Å². The molecule has 5 heteroatoms. The van der Waals surface area contributed by atoms with Crippen LogP contribution in [0.1, 0.15) is 0 Å². The predicted octanol–water partition coefficient (Wildman–Crippen LogP) is 13.0. The molecule has 0 N–H and O–H groups in total. The molecule has 12 rings (SSSR count). The number of benzene rings is 8. The summed E-state index contributed by atoms with van der Waals surface area (Å²) < 4.78 is 15.4. The summed E-state index contributed by atoms with van der Waals surface area (Å²) in [6.45, 7) is 0. The van der Waals surface area contributed by atoms with Crippen LogP contribution < -0.4 is 0 Å². The third-order valence-corrected chi connectivity index (χ3v) is 10.8. The van der Waals surface area contributed by atoms with E-state index in [-0.39, 0.29) is 0 Å². The highest BCUT2D eigenvalue weighted by molar-refractivity contribution is 6.23. The summed E-state index contributed by atoms with van der Waals surface area (Å²) in [6.07, 6.45) is 0. The van der Waals surface area contributed by atoms with Crippen LogP contribution in [-0.2, 0) is 0 Å². The van der Waals surface area contributed by atoms with E-state index in [1.54, 1.807) is 0 Å². The van der Waals surface area contributed by atoms with Crippen molar-refractivity contribution in [1.29, 1.82) is 0 Å². The van der Waals surface area contributed by atoms with E-state index in [4.69, 9.17) is 18.8 Å². The van der Waals surface area contributed by atoms with E-state index >= 15 is 0 Å². The van der Waals surface area contributed by atoms with Gasteiger partial charge in [-0.3, -0.25) is 4.57 Å². The van der Waals surface area contributed by atoms with Crippen molar-refractivity contribution < 1.29 is 8.83 Å². The van der Waals surface area contributed by atoms with Gasteiger partial charge in [0.15, 0.2) is 5.58 Å². The first-order valence-electron chi connectivity index (χ1n) is 17.8. The summed E-state index contributed by atoms with van der Waals surface area (Å²) in [4.78, 5) is 10.8. The number of nitrogens with zero attached hydrogens (tertiary/aromatic N) is 3. The van der Waals surface area contributed by atoms with Gasteiger partial charge in [0.05, 0.1) is 11.0 Å². The second kappa shape index (κ2) is 10.6. The van der Waals surface area contributed by atoms with E-state index in [1.807, 2.05) is 36.4 Å². The van der Waals surface area contributed by atoms with Crippen molar-refractivity contribution >= 4 is 87.4 Å². The van der Waals surface area contributed by atoms with Crippen LogP contribution in [0.5, 0.6) is 0 Å². The third kappa shape index (κ3) is 4.07. The SMILES string of the molecule is c1ccc(-c2nc(-n3c4cc5ccccc5cc4c4c5ccccc5ccc43)nc3c2oc2ccc(-c4cccc5c4oc4ccccc45)cc23)cc1. The summed E-state index contributed by atoms with van der Waals surface area (Å²) in [5, 5.41) is 10.2. The molecule has 0 bridgehead atoms. The number of fused-ring (bicyclic) bond motifs is 12. The zero-order valence-electron chi connectivity index (χ0n) is 28.2. The minimum Gasteiger partial charge on any atom is -0.455 e. The molecular weight excluding hydrogens is 651 g/mol. The van der Waals surface area contributed by atoms with Crippen LogP contribution in [0, 0.1) is 0 Å². The van der Waals surface area contributed by atoms with E-state index in [0.29, 0.717) is 11.5 Å². The van der Waals surface area contributed by atoms with Crippen molar-refractivity contribution in [3.8, 4) is 28.3 Å². The van der Waals surface area contributed by atoms with Crippen LogP contribution in [0.4, 0.5) is 0 Å². The first-order chi connectivity index (χ1) is 26.3. The van der Waals surface area contributed by atoms with Crippen LogP contribution in [0.15, 0.2) is 173 Å². The maximum Gasteiger partial charge on any atom is 0.236 e. The van der Waals surface area contributed by atoms with Crippen molar-refractivity contribution in [3.63, 3.8) is 0 Å². The van der Waals surface area contributed by atoms with Gasteiger partial charge in [0.2, 0.25) is 5.95 Å². The molecule has 5 nitrogen and oxygen atoms in total. The van der Waals surface area contributed by atoms with Crippen molar-refractivity contribution in [3.05, 3.63) is 164 Å². The van der Waals surface area contributed by atoms with Crippen LogP contribution >= 0.6 is 0 Å². The molecular formula is C48H27N3O2. The van der Waals surface area contributed by atoms with E-state index in [2.05, 4.69) is 132 Å². The lowest BCUT2D eigenvalue weighted by Crippen LogP contribution is -2.03. The molecule has 0 aliphatic rings. The maximum atomic E-state index is 6.67. The topological polar surface area (TPSA) is 57.0 Å². The summed E-state index contributed by atoms with van der Waals surface area (Å²) >= 11 is 0. The summed E-state index contributed by atoms with van der Waals surface area (Å²) in [5.74, 6) is 0.592. The van der Waals surface area contributed by atoms with Gasteiger partial charge in [-0.1, -0.05) is 127 Å². The van der Waals surface area contributed by atoms with Gasteiger partial charge in [0.1, 0.15) is 28.0 Å². The Balaban J connectivity index is 1.19. The number of rotatable bonds is 3. The Morgan fingerprint density at radius 1 is 0.415 bits per heavy atom. The fourth-order valence-electron chi connectivity index (χ4n) is 8.35. The van der Waals surface area contributed by atoms with Crippen molar-refractivity contribution in [2.75, 3.05) is 0 Å². The van der Waals surface area contributed by atoms with E-state index in [1.165, 1.54) is 26.9 Å². The molecule has 4 aromatic heterocycles. The Morgan fingerprint density at radius 2 is 1.13 bits per heavy atom. The predicted molar refractivity (Wildman–Crippen MR) is 217 cm³/mol. The number of aromatic nitrogens is 3. The maximum absolute atomic E-state index is 6.67. The summed E-state index contributed by atoms with van der Waals surface area (Å²) in [6, 6.07) is 57.3. The quantitative estimate of drug-likeness (QED) is 0.187. The van der Waals surface area contributed by atoms with Gasteiger partial charge >= 0.3 is 0 Å². The van der Waals surface area contributed by atoms with Gasteiger partial charge < -0.3 is 8.83 Å². The van der Waals surface area contributed by atoms with Crippen molar-refractivity contribution in [1.82, 2.24) is 14.5 Å². The molecule has 53 heavy (non-hydrogen) atoms. The Hall–Kier alpha value is -7.24. The van der Waals surface area contributed by atoms with Gasteiger partial charge in [-0.2, -0.15) is 0 Å². The molecule has 4 heterocycles. The smallest absolute Gasteiger partial charge is 0.236 e. The lowest BCUT2D eigenvalue weighted by Gasteiger charge is -2.10. The second-order valence-electron chi connectivity index (χ2n) is 13.7. The zero-order valence-corrected chi connectivity index (χ0v) is 28.2. The van der Waals surface area contributed by atoms with E-state index in [9.17, 15) is 0 Å². The van der Waals surface area contributed by atoms with E-state index < -0.39 is 0 Å². The van der Waals surface area contributed by atoms with Crippen molar-refractivity contribution in [2.24, 2.45) is 0 Å². The summed E-state index contributed by atoms with van der Waals surface area (Å²) in [7, 11) is 0. The Morgan fingerprint density at radius 3 is 2.02 bits per heavy atom. The normalized spacial score (nSPS) is 12.2. The van der Waals surface area contributed by atoms with Gasteiger partial charge in [-0.15, -0.1) is 0 Å². The fraction of sp³-hybridized carbons (Fsp3) is 0. The average Bonchev–Trinajstić information content (AvgIpc) is 3.89. The molecule has 0 aliphatic heterocycles. The zero-order chi connectivity index (χ0) is 34.6. The first-order valence-corrected chi connectivity index (χ1v) is 17.8. The monoisotopic (exact) mass is 677 g/mol. The molecule has 12 aromatic rings. The molecule has 0 unspecified atom stereocenters. The largest absolute Gasteiger partial charge is 0.455 e. The Kier molecular flexibility index (Phi) is 5.71. The minimum atomic E-state index is 0.592. The van der Waals surface area contributed by atoms with Gasteiger partial charge in [0.25, 0.3) is 0 Å². The lowest BCUT2D eigenvalue weighted by atomic mass is 10.0.